The molecule has 0 fully saturated rings. The summed E-state index contributed by atoms with van der Waals surface area (Å²) in [6, 6.07) is 3.64. The van der Waals surface area contributed by atoms with Crippen LogP contribution in [0.4, 0.5) is 8.78 Å². The van der Waals surface area contributed by atoms with Crippen molar-refractivity contribution in [3.05, 3.63) is 34.9 Å². The van der Waals surface area contributed by atoms with E-state index >= 15 is 0 Å². The van der Waals surface area contributed by atoms with Gasteiger partial charge in [-0.25, -0.2) is 8.78 Å². The summed E-state index contributed by atoms with van der Waals surface area (Å²) in [4.78, 5) is 13.3. The lowest BCUT2D eigenvalue weighted by molar-refractivity contribution is -0.129. The summed E-state index contributed by atoms with van der Waals surface area (Å²) >= 11 is 0. The predicted molar refractivity (Wildman–Crippen MR) is 70.7 cm³/mol. The van der Waals surface area contributed by atoms with E-state index in [9.17, 15) is 13.6 Å². The zero-order valence-electron chi connectivity index (χ0n) is 11.5. The van der Waals surface area contributed by atoms with Crippen molar-refractivity contribution in [2.45, 2.75) is 20.4 Å². The Bertz CT molecular complexity index is 499. The van der Waals surface area contributed by atoms with E-state index < -0.39 is 11.6 Å². The van der Waals surface area contributed by atoms with Gasteiger partial charge in [-0.3, -0.25) is 4.79 Å². The third-order valence-electron chi connectivity index (χ3n) is 2.96. The van der Waals surface area contributed by atoms with Crippen LogP contribution in [-0.2, 0) is 11.3 Å². The average Bonchev–Trinajstić information content (AvgIpc) is 2.42. The fraction of sp³-hybridized carbons (Fsp3) is 0.429. The van der Waals surface area contributed by atoms with Crippen molar-refractivity contribution >= 4 is 5.91 Å². The van der Waals surface area contributed by atoms with Gasteiger partial charge in [-0.15, -0.1) is 0 Å². The summed E-state index contributed by atoms with van der Waals surface area (Å²) in [5.41, 5.74) is -0.237. The van der Waals surface area contributed by atoms with Gasteiger partial charge in [0.25, 0.3) is 0 Å². The van der Waals surface area contributed by atoms with Gasteiger partial charge in [0.1, 0.15) is 11.6 Å². The van der Waals surface area contributed by atoms with E-state index in [0.717, 1.165) is 12.1 Å². The molecule has 0 unspecified atom stereocenters. The van der Waals surface area contributed by atoms with Crippen LogP contribution in [0.15, 0.2) is 12.1 Å². The minimum Gasteiger partial charge on any atom is -0.342 e. The molecule has 0 radical (unpaired) electrons. The topological polar surface area (TPSA) is 56.1 Å². The molecule has 1 amide bonds. The Labute approximate surface area is 117 Å². The Morgan fingerprint density at radius 1 is 1.30 bits per heavy atom. The minimum atomic E-state index is -0.788. The smallest absolute Gasteiger partial charge is 0.236 e. The number of nitrogens with zero attached hydrogens (tertiary/aromatic N) is 2. The number of likely N-dealkylation sites (N-methyl/N-ethyl adjacent to an activating group) is 1. The minimum absolute atomic E-state index is 0.0144. The van der Waals surface area contributed by atoms with E-state index in [0.29, 0.717) is 13.1 Å². The van der Waals surface area contributed by atoms with Crippen LogP contribution in [-0.4, -0.2) is 30.4 Å². The summed E-state index contributed by atoms with van der Waals surface area (Å²) in [7, 11) is 0. The van der Waals surface area contributed by atoms with Crippen LogP contribution < -0.4 is 5.32 Å². The summed E-state index contributed by atoms with van der Waals surface area (Å²) in [6.45, 7) is 4.83. The molecule has 0 aliphatic carbocycles. The third kappa shape index (κ3) is 4.00. The van der Waals surface area contributed by atoms with Crippen LogP contribution in [0.3, 0.4) is 0 Å². The zero-order valence-corrected chi connectivity index (χ0v) is 11.5. The summed E-state index contributed by atoms with van der Waals surface area (Å²) < 4.78 is 27.2. The largest absolute Gasteiger partial charge is 0.342 e. The van der Waals surface area contributed by atoms with Crippen molar-refractivity contribution < 1.29 is 13.6 Å². The van der Waals surface area contributed by atoms with E-state index in [1.807, 2.05) is 13.8 Å². The second-order valence-corrected chi connectivity index (χ2v) is 4.20. The maximum atomic E-state index is 13.6. The number of benzene rings is 1. The first-order chi connectivity index (χ1) is 9.53. The van der Waals surface area contributed by atoms with E-state index in [1.54, 1.807) is 11.0 Å². The molecule has 0 aliphatic heterocycles. The number of amides is 1. The molecule has 0 saturated carbocycles. The summed E-state index contributed by atoms with van der Waals surface area (Å²) in [5.74, 6) is -1.70. The van der Waals surface area contributed by atoms with Crippen LogP contribution in [0, 0.1) is 23.0 Å². The van der Waals surface area contributed by atoms with Crippen LogP contribution in [0.1, 0.15) is 25.0 Å². The lowest BCUT2D eigenvalue weighted by atomic mass is 10.1. The first kappa shape index (κ1) is 16.1. The molecule has 0 atom stereocenters. The number of carbonyl (C=O) groups is 1. The van der Waals surface area contributed by atoms with Gasteiger partial charge in [-0.05, 0) is 26.0 Å². The number of nitrogens with one attached hydrogen (secondary N) is 1. The molecule has 0 aromatic heterocycles. The molecule has 0 heterocycles. The Hall–Kier alpha value is -2.00. The Kier molecular flexibility index (Phi) is 6.07. The molecule has 20 heavy (non-hydrogen) atoms. The highest BCUT2D eigenvalue weighted by Crippen LogP contribution is 2.14. The van der Waals surface area contributed by atoms with Gasteiger partial charge in [-0.1, -0.05) is 0 Å². The van der Waals surface area contributed by atoms with Gasteiger partial charge in [0, 0.05) is 25.2 Å². The lowest BCUT2D eigenvalue weighted by Crippen LogP contribution is -2.37. The molecule has 4 nitrogen and oxygen atoms in total. The SMILES string of the molecule is CCN(CC)C(=O)CNCc1c(F)cc(C#N)cc1F. The van der Waals surface area contributed by atoms with Crippen molar-refractivity contribution in [3.63, 3.8) is 0 Å². The van der Waals surface area contributed by atoms with Crippen molar-refractivity contribution in [1.29, 1.82) is 5.26 Å². The fourth-order valence-electron chi connectivity index (χ4n) is 1.82. The van der Waals surface area contributed by atoms with E-state index in [2.05, 4.69) is 5.32 Å². The molecular weight excluding hydrogens is 264 g/mol. The Morgan fingerprint density at radius 3 is 2.30 bits per heavy atom. The maximum Gasteiger partial charge on any atom is 0.236 e. The number of rotatable bonds is 6. The normalized spacial score (nSPS) is 10.2. The molecule has 1 aromatic rings. The molecule has 0 spiro atoms. The quantitative estimate of drug-likeness (QED) is 0.865. The van der Waals surface area contributed by atoms with E-state index in [-0.39, 0.29) is 30.1 Å². The fourth-order valence-corrected chi connectivity index (χ4v) is 1.82. The van der Waals surface area contributed by atoms with Crippen molar-refractivity contribution in [1.82, 2.24) is 10.2 Å². The highest BCUT2D eigenvalue weighted by molar-refractivity contribution is 5.78. The van der Waals surface area contributed by atoms with Crippen LogP contribution >= 0.6 is 0 Å². The first-order valence-corrected chi connectivity index (χ1v) is 6.39. The summed E-state index contributed by atoms with van der Waals surface area (Å²) in [5, 5.41) is 11.3. The summed E-state index contributed by atoms with van der Waals surface area (Å²) in [6.07, 6.45) is 0. The second kappa shape index (κ2) is 7.56. The molecule has 1 N–H and O–H groups in total. The standard InChI is InChI=1S/C14H17F2N3O/c1-3-19(4-2)14(20)9-18-8-11-12(15)5-10(7-17)6-13(11)16/h5-6,18H,3-4,8-9H2,1-2H3. The number of nitriles is 1. The van der Waals surface area contributed by atoms with Crippen LogP contribution in [0.25, 0.3) is 0 Å². The number of hydrogen-bond donors (Lipinski definition) is 1. The van der Waals surface area contributed by atoms with E-state index in [1.165, 1.54) is 0 Å². The molecule has 0 aliphatic rings. The van der Waals surface area contributed by atoms with Crippen LogP contribution in [0.5, 0.6) is 0 Å². The predicted octanol–water partition coefficient (Wildman–Crippen LogP) is 1.79. The first-order valence-electron chi connectivity index (χ1n) is 6.39. The molecule has 1 aromatic carbocycles. The molecular formula is C14H17F2N3O. The van der Waals surface area contributed by atoms with Gasteiger partial charge in [0.05, 0.1) is 18.2 Å². The number of hydrogen-bond acceptors (Lipinski definition) is 3. The molecule has 0 bridgehead atoms. The highest BCUT2D eigenvalue weighted by atomic mass is 19.1. The Balaban J connectivity index is 2.63. The van der Waals surface area contributed by atoms with Gasteiger partial charge in [-0.2, -0.15) is 5.26 Å². The van der Waals surface area contributed by atoms with Gasteiger partial charge in [0.2, 0.25) is 5.91 Å². The van der Waals surface area contributed by atoms with Gasteiger partial charge < -0.3 is 10.2 Å². The van der Waals surface area contributed by atoms with Crippen LogP contribution in [0.2, 0.25) is 0 Å². The average molecular weight is 281 g/mol. The number of halogens is 2. The maximum absolute atomic E-state index is 13.6. The highest BCUT2D eigenvalue weighted by Gasteiger charge is 2.13. The molecule has 6 heteroatoms. The van der Waals surface area contributed by atoms with E-state index in [4.69, 9.17) is 5.26 Å². The third-order valence-corrected chi connectivity index (χ3v) is 2.96. The molecule has 0 saturated heterocycles. The second-order valence-electron chi connectivity index (χ2n) is 4.20. The zero-order chi connectivity index (χ0) is 15.1. The lowest BCUT2D eigenvalue weighted by Gasteiger charge is -2.18. The number of carbonyl (C=O) groups excluding carboxylic acids is 1. The van der Waals surface area contributed by atoms with Crippen molar-refractivity contribution in [2.24, 2.45) is 0 Å². The van der Waals surface area contributed by atoms with Crippen molar-refractivity contribution in [2.75, 3.05) is 19.6 Å². The van der Waals surface area contributed by atoms with Crippen molar-refractivity contribution in [3.8, 4) is 6.07 Å². The van der Waals surface area contributed by atoms with Gasteiger partial charge >= 0.3 is 0 Å². The Morgan fingerprint density at radius 2 is 1.85 bits per heavy atom. The molecule has 108 valence electrons. The molecule has 1 rings (SSSR count). The van der Waals surface area contributed by atoms with Gasteiger partial charge in [0.15, 0.2) is 0 Å². The monoisotopic (exact) mass is 281 g/mol.